The monoisotopic (exact) mass is 406 g/mol. The molecule has 0 aliphatic heterocycles. The number of benzene rings is 2. The number of likely N-dealkylation sites (N-methyl/N-ethyl adjacent to an activating group) is 1. The molecule has 2 aromatic carbocycles. The SMILES string of the molecule is CCc1ccccc1NC(=O)CN(C)C(=O)c1nn(C(C)C)c(=O)c2ccccc12. The lowest BCUT2D eigenvalue weighted by Gasteiger charge is -2.19. The van der Waals surface area contributed by atoms with E-state index in [1.54, 1.807) is 31.3 Å². The van der Waals surface area contributed by atoms with Gasteiger partial charge in [-0.1, -0.05) is 43.3 Å². The van der Waals surface area contributed by atoms with Crippen LogP contribution in [0.1, 0.15) is 42.9 Å². The number of rotatable bonds is 6. The van der Waals surface area contributed by atoms with E-state index in [1.807, 2.05) is 45.0 Å². The Morgan fingerprint density at radius 3 is 2.37 bits per heavy atom. The van der Waals surface area contributed by atoms with Crippen molar-refractivity contribution >= 4 is 28.3 Å². The number of anilines is 1. The van der Waals surface area contributed by atoms with Gasteiger partial charge >= 0.3 is 0 Å². The van der Waals surface area contributed by atoms with Gasteiger partial charge in [-0.05, 0) is 38.0 Å². The molecule has 3 rings (SSSR count). The second kappa shape index (κ2) is 8.90. The summed E-state index contributed by atoms with van der Waals surface area (Å²) in [5.74, 6) is -0.715. The maximum Gasteiger partial charge on any atom is 0.275 e. The van der Waals surface area contributed by atoms with Gasteiger partial charge in [-0.15, -0.1) is 0 Å². The van der Waals surface area contributed by atoms with Gasteiger partial charge in [-0.25, -0.2) is 4.68 Å². The maximum atomic E-state index is 13.1. The number of nitrogens with one attached hydrogen (secondary N) is 1. The zero-order valence-electron chi connectivity index (χ0n) is 17.7. The Balaban J connectivity index is 1.87. The second-order valence-corrected chi connectivity index (χ2v) is 7.46. The lowest BCUT2D eigenvalue weighted by atomic mass is 10.1. The highest BCUT2D eigenvalue weighted by Gasteiger charge is 2.22. The number of carbonyl (C=O) groups excluding carboxylic acids is 2. The highest BCUT2D eigenvalue weighted by atomic mass is 16.2. The third kappa shape index (κ3) is 4.25. The van der Waals surface area contributed by atoms with Gasteiger partial charge in [0.2, 0.25) is 5.91 Å². The lowest BCUT2D eigenvalue weighted by Crippen LogP contribution is -2.37. The zero-order valence-corrected chi connectivity index (χ0v) is 17.7. The minimum atomic E-state index is -0.417. The predicted molar refractivity (Wildman–Crippen MR) is 118 cm³/mol. The molecule has 0 bridgehead atoms. The standard InChI is InChI=1S/C23H26N4O3/c1-5-16-10-6-9-13-19(16)24-20(28)14-26(4)23(30)21-17-11-7-8-12-18(17)22(29)27(25-21)15(2)3/h6-13,15H,5,14H2,1-4H3,(H,24,28). The Labute approximate surface area is 175 Å². The number of aromatic nitrogens is 2. The Morgan fingerprint density at radius 1 is 1.07 bits per heavy atom. The molecule has 0 aliphatic carbocycles. The summed E-state index contributed by atoms with van der Waals surface area (Å²) >= 11 is 0. The number of carbonyl (C=O) groups is 2. The van der Waals surface area contributed by atoms with Gasteiger partial charge in [-0.2, -0.15) is 5.10 Å². The molecule has 1 N–H and O–H groups in total. The third-order valence-corrected chi connectivity index (χ3v) is 4.92. The van der Waals surface area contributed by atoms with E-state index in [0.717, 1.165) is 17.7 Å². The summed E-state index contributed by atoms with van der Waals surface area (Å²) in [5.41, 5.74) is 1.68. The average Bonchev–Trinajstić information content (AvgIpc) is 2.73. The summed E-state index contributed by atoms with van der Waals surface area (Å²) < 4.78 is 1.31. The summed E-state index contributed by atoms with van der Waals surface area (Å²) in [5, 5.41) is 8.10. The van der Waals surface area contributed by atoms with Crippen LogP contribution in [0, 0.1) is 0 Å². The fourth-order valence-electron chi connectivity index (χ4n) is 3.32. The molecule has 0 saturated carbocycles. The first kappa shape index (κ1) is 21.2. The molecular weight excluding hydrogens is 380 g/mol. The Kier molecular flexibility index (Phi) is 6.30. The van der Waals surface area contributed by atoms with Gasteiger partial charge in [-0.3, -0.25) is 14.4 Å². The molecule has 0 spiro atoms. The largest absolute Gasteiger partial charge is 0.331 e. The smallest absolute Gasteiger partial charge is 0.275 e. The van der Waals surface area contributed by atoms with Crippen molar-refractivity contribution in [3.8, 4) is 0 Å². The molecule has 0 aliphatic rings. The molecule has 156 valence electrons. The molecular formula is C23H26N4O3. The van der Waals surface area contributed by atoms with E-state index in [4.69, 9.17) is 0 Å². The van der Waals surface area contributed by atoms with Crippen LogP contribution >= 0.6 is 0 Å². The molecule has 2 amide bonds. The number of amides is 2. The maximum absolute atomic E-state index is 13.1. The number of para-hydroxylation sites is 1. The fourth-order valence-corrected chi connectivity index (χ4v) is 3.32. The van der Waals surface area contributed by atoms with E-state index in [9.17, 15) is 14.4 Å². The molecule has 7 heteroatoms. The van der Waals surface area contributed by atoms with Gasteiger partial charge < -0.3 is 10.2 Å². The Bertz CT molecular complexity index is 1150. The van der Waals surface area contributed by atoms with E-state index in [2.05, 4.69) is 10.4 Å². The first-order valence-electron chi connectivity index (χ1n) is 9.98. The van der Waals surface area contributed by atoms with Crippen molar-refractivity contribution in [2.75, 3.05) is 18.9 Å². The Morgan fingerprint density at radius 2 is 1.70 bits per heavy atom. The molecule has 1 heterocycles. The van der Waals surface area contributed by atoms with Crippen molar-refractivity contribution in [2.24, 2.45) is 0 Å². The summed E-state index contributed by atoms with van der Waals surface area (Å²) in [6.07, 6.45) is 0.790. The van der Waals surface area contributed by atoms with Crippen LogP contribution < -0.4 is 10.9 Å². The first-order chi connectivity index (χ1) is 14.3. The average molecular weight is 406 g/mol. The summed E-state index contributed by atoms with van der Waals surface area (Å²) in [4.78, 5) is 39.6. The van der Waals surface area contributed by atoms with Crippen LogP contribution in [0.2, 0.25) is 0 Å². The normalized spacial score (nSPS) is 11.0. The quantitative estimate of drug-likeness (QED) is 0.681. The predicted octanol–water partition coefficient (Wildman–Crippen LogP) is 3.25. The minimum Gasteiger partial charge on any atom is -0.331 e. The lowest BCUT2D eigenvalue weighted by molar-refractivity contribution is -0.116. The molecule has 3 aromatic rings. The van der Waals surface area contributed by atoms with Crippen LogP contribution in [0.3, 0.4) is 0 Å². The number of aryl methyl sites for hydroxylation is 1. The van der Waals surface area contributed by atoms with Crippen LogP contribution in [0.5, 0.6) is 0 Å². The number of fused-ring (bicyclic) bond motifs is 1. The molecule has 30 heavy (non-hydrogen) atoms. The van der Waals surface area contributed by atoms with Crippen LogP contribution in [0.25, 0.3) is 10.8 Å². The van der Waals surface area contributed by atoms with Gasteiger partial charge in [0.25, 0.3) is 11.5 Å². The van der Waals surface area contributed by atoms with Gasteiger partial charge in [0.05, 0.1) is 18.0 Å². The van der Waals surface area contributed by atoms with E-state index in [1.165, 1.54) is 9.58 Å². The highest BCUT2D eigenvalue weighted by Crippen LogP contribution is 2.17. The third-order valence-electron chi connectivity index (χ3n) is 4.92. The number of nitrogens with zero attached hydrogens (tertiary/aromatic N) is 3. The summed E-state index contributed by atoms with van der Waals surface area (Å²) in [6, 6.07) is 14.3. The zero-order chi connectivity index (χ0) is 21.8. The summed E-state index contributed by atoms with van der Waals surface area (Å²) in [7, 11) is 1.55. The molecule has 0 atom stereocenters. The minimum absolute atomic E-state index is 0.131. The fraction of sp³-hybridized carbons (Fsp3) is 0.304. The molecule has 0 fully saturated rings. The Hall–Kier alpha value is -3.48. The van der Waals surface area contributed by atoms with Crippen molar-refractivity contribution < 1.29 is 9.59 Å². The van der Waals surface area contributed by atoms with Crippen molar-refractivity contribution in [3.05, 3.63) is 70.1 Å². The van der Waals surface area contributed by atoms with E-state index < -0.39 is 5.91 Å². The second-order valence-electron chi connectivity index (χ2n) is 7.46. The molecule has 1 aromatic heterocycles. The van der Waals surface area contributed by atoms with E-state index >= 15 is 0 Å². The van der Waals surface area contributed by atoms with Crippen LogP contribution in [0.15, 0.2) is 53.3 Å². The van der Waals surface area contributed by atoms with E-state index in [-0.39, 0.29) is 29.7 Å². The first-order valence-corrected chi connectivity index (χ1v) is 9.98. The molecule has 0 saturated heterocycles. The number of hydrogen-bond acceptors (Lipinski definition) is 4. The molecule has 0 radical (unpaired) electrons. The van der Waals surface area contributed by atoms with Crippen molar-refractivity contribution in [1.29, 1.82) is 0 Å². The molecule has 0 unspecified atom stereocenters. The topological polar surface area (TPSA) is 84.3 Å². The van der Waals surface area contributed by atoms with Crippen molar-refractivity contribution in [2.45, 2.75) is 33.2 Å². The highest BCUT2D eigenvalue weighted by molar-refractivity contribution is 6.06. The van der Waals surface area contributed by atoms with Crippen molar-refractivity contribution in [1.82, 2.24) is 14.7 Å². The molecule has 7 nitrogen and oxygen atoms in total. The van der Waals surface area contributed by atoms with Gasteiger partial charge in [0, 0.05) is 18.1 Å². The summed E-state index contributed by atoms with van der Waals surface area (Å²) in [6.45, 7) is 5.55. The van der Waals surface area contributed by atoms with Crippen molar-refractivity contribution in [3.63, 3.8) is 0 Å². The number of hydrogen-bond donors (Lipinski definition) is 1. The van der Waals surface area contributed by atoms with Gasteiger partial charge in [0.1, 0.15) is 0 Å². The van der Waals surface area contributed by atoms with Crippen LogP contribution in [0.4, 0.5) is 5.69 Å². The van der Waals surface area contributed by atoms with Gasteiger partial charge in [0.15, 0.2) is 5.69 Å². The van der Waals surface area contributed by atoms with E-state index in [0.29, 0.717) is 10.8 Å². The van der Waals surface area contributed by atoms with Crippen LogP contribution in [-0.2, 0) is 11.2 Å². The van der Waals surface area contributed by atoms with Crippen LogP contribution in [-0.4, -0.2) is 40.1 Å².